The van der Waals surface area contributed by atoms with Crippen molar-refractivity contribution in [3.8, 4) is 0 Å². The molecule has 1 unspecified atom stereocenters. The monoisotopic (exact) mass is 361 g/mol. The van der Waals surface area contributed by atoms with Crippen LogP contribution >= 0.6 is 11.3 Å². The smallest absolute Gasteiger partial charge is 0.243 e. The van der Waals surface area contributed by atoms with E-state index >= 15 is 0 Å². The van der Waals surface area contributed by atoms with Crippen LogP contribution in [0.1, 0.15) is 36.0 Å². The summed E-state index contributed by atoms with van der Waals surface area (Å²) in [4.78, 5) is 30.6. The van der Waals surface area contributed by atoms with E-state index in [0.29, 0.717) is 24.9 Å². The Bertz CT molecular complexity index is 777. The molecule has 25 heavy (non-hydrogen) atoms. The SMILES string of the molecule is CCc1nc(CNC(=O)C2CCC(=O)N2Cc2cccc(F)c2)cs1. The van der Waals surface area contributed by atoms with Crippen LogP contribution in [0, 0.1) is 5.82 Å². The van der Waals surface area contributed by atoms with Crippen LogP contribution in [-0.4, -0.2) is 27.7 Å². The highest BCUT2D eigenvalue weighted by Crippen LogP contribution is 2.22. The van der Waals surface area contributed by atoms with Gasteiger partial charge in [0.2, 0.25) is 11.8 Å². The van der Waals surface area contributed by atoms with Gasteiger partial charge in [0.1, 0.15) is 11.9 Å². The molecule has 1 aliphatic rings. The van der Waals surface area contributed by atoms with Crippen LogP contribution in [0.3, 0.4) is 0 Å². The predicted molar refractivity (Wildman–Crippen MR) is 93.3 cm³/mol. The lowest BCUT2D eigenvalue weighted by Crippen LogP contribution is -2.44. The molecule has 2 aromatic rings. The third-order valence-electron chi connectivity index (χ3n) is 4.22. The Balaban J connectivity index is 1.62. The maximum absolute atomic E-state index is 13.3. The van der Waals surface area contributed by atoms with Crippen LogP contribution in [0.2, 0.25) is 0 Å². The molecule has 5 nitrogen and oxygen atoms in total. The Morgan fingerprint density at radius 2 is 2.32 bits per heavy atom. The zero-order valence-corrected chi connectivity index (χ0v) is 14.8. The summed E-state index contributed by atoms with van der Waals surface area (Å²) in [6.07, 6.45) is 1.69. The standard InChI is InChI=1S/C18H20FN3O2S/c1-2-16-21-14(11-25-16)9-20-18(24)15-6-7-17(23)22(15)10-12-4-3-5-13(19)8-12/h3-5,8,11,15H,2,6-7,9-10H2,1H3,(H,20,24). The molecule has 1 N–H and O–H groups in total. The Hall–Kier alpha value is -2.28. The van der Waals surface area contributed by atoms with Gasteiger partial charge in [-0.2, -0.15) is 0 Å². The van der Waals surface area contributed by atoms with Crippen LogP contribution < -0.4 is 5.32 Å². The van der Waals surface area contributed by atoms with E-state index in [0.717, 1.165) is 17.1 Å². The van der Waals surface area contributed by atoms with Gasteiger partial charge in [0.15, 0.2) is 0 Å². The van der Waals surface area contributed by atoms with Crippen molar-refractivity contribution in [1.29, 1.82) is 0 Å². The normalized spacial score (nSPS) is 17.1. The van der Waals surface area contributed by atoms with Crippen molar-refractivity contribution in [2.45, 2.75) is 45.3 Å². The molecule has 1 aliphatic heterocycles. The van der Waals surface area contributed by atoms with Crippen molar-refractivity contribution in [3.63, 3.8) is 0 Å². The molecule has 2 amide bonds. The van der Waals surface area contributed by atoms with Gasteiger partial charge in [-0.3, -0.25) is 9.59 Å². The summed E-state index contributed by atoms with van der Waals surface area (Å²) in [7, 11) is 0. The van der Waals surface area contributed by atoms with E-state index in [1.807, 2.05) is 12.3 Å². The first kappa shape index (κ1) is 17.5. The van der Waals surface area contributed by atoms with E-state index in [2.05, 4.69) is 10.3 Å². The highest BCUT2D eigenvalue weighted by atomic mass is 32.1. The lowest BCUT2D eigenvalue weighted by atomic mass is 10.1. The number of likely N-dealkylation sites (tertiary alicyclic amines) is 1. The molecule has 2 heterocycles. The number of halogens is 1. The van der Waals surface area contributed by atoms with Gasteiger partial charge in [0, 0.05) is 18.3 Å². The highest BCUT2D eigenvalue weighted by molar-refractivity contribution is 7.09. The van der Waals surface area contributed by atoms with E-state index < -0.39 is 6.04 Å². The van der Waals surface area contributed by atoms with Crippen LogP contribution in [-0.2, 0) is 29.1 Å². The van der Waals surface area contributed by atoms with Gasteiger partial charge in [0.05, 0.1) is 17.2 Å². The Labute approximate surface area is 149 Å². The number of hydrogen-bond acceptors (Lipinski definition) is 4. The van der Waals surface area contributed by atoms with Crippen molar-refractivity contribution >= 4 is 23.2 Å². The molecule has 1 fully saturated rings. The minimum atomic E-state index is -0.514. The fourth-order valence-corrected chi connectivity index (χ4v) is 3.67. The molecule has 1 atom stereocenters. The molecule has 1 aromatic heterocycles. The summed E-state index contributed by atoms with van der Waals surface area (Å²) in [5.41, 5.74) is 1.51. The summed E-state index contributed by atoms with van der Waals surface area (Å²) in [5.74, 6) is -0.611. The van der Waals surface area contributed by atoms with Gasteiger partial charge in [-0.15, -0.1) is 11.3 Å². The van der Waals surface area contributed by atoms with Gasteiger partial charge in [-0.1, -0.05) is 19.1 Å². The van der Waals surface area contributed by atoms with Crippen LogP contribution in [0.15, 0.2) is 29.6 Å². The first-order valence-corrected chi connectivity index (χ1v) is 9.19. The molecule has 1 saturated heterocycles. The number of hydrogen-bond donors (Lipinski definition) is 1. The zero-order chi connectivity index (χ0) is 17.8. The Morgan fingerprint density at radius 1 is 1.48 bits per heavy atom. The summed E-state index contributed by atoms with van der Waals surface area (Å²) in [6, 6.07) is 5.60. The van der Waals surface area contributed by atoms with Gasteiger partial charge < -0.3 is 10.2 Å². The first-order chi connectivity index (χ1) is 12.1. The Kier molecular flexibility index (Phi) is 5.43. The molecular formula is C18H20FN3O2S. The highest BCUT2D eigenvalue weighted by Gasteiger charge is 2.35. The average molecular weight is 361 g/mol. The second-order valence-electron chi connectivity index (χ2n) is 6.01. The summed E-state index contributed by atoms with van der Waals surface area (Å²) >= 11 is 1.58. The molecule has 0 radical (unpaired) electrons. The van der Waals surface area contributed by atoms with Gasteiger partial charge in [-0.05, 0) is 30.5 Å². The molecular weight excluding hydrogens is 341 g/mol. The molecule has 3 rings (SSSR count). The molecule has 132 valence electrons. The van der Waals surface area contributed by atoms with E-state index in [1.54, 1.807) is 23.5 Å². The van der Waals surface area contributed by atoms with E-state index in [1.165, 1.54) is 17.0 Å². The van der Waals surface area contributed by atoms with Crippen molar-refractivity contribution in [2.75, 3.05) is 0 Å². The minimum Gasteiger partial charge on any atom is -0.349 e. The molecule has 1 aromatic carbocycles. The van der Waals surface area contributed by atoms with Crippen LogP contribution in [0.5, 0.6) is 0 Å². The van der Waals surface area contributed by atoms with Crippen molar-refractivity contribution in [3.05, 3.63) is 51.7 Å². The predicted octanol–water partition coefficient (Wildman–Crippen LogP) is 2.65. The zero-order valence-electron chi connectivity index (χ0n) is 14.0. The fourth-order valence-electron chi connectivity index (χ4n) is 2.92. The number of aryl methyl sites for hydroxylation is 1. The van der Waals surface area contributed by atoms with Gasteiger partial charge in [-0.25, -0.2) is 9.37 Å². The number of carbonyl (C=O) groups excluding carboxylic acids is 2. The summed E-state index contributed by atoms with van der Waals surface area (Å²) in [5, 5.41) is 5.83. The number of nitrogens with zero attached hydrogens (tertiary/aromatic N) is 2. The molecule has 0 aliphatic carbocycles. The lowest BCUT2D eigenvalue weighted by Gasteiger charge is -2.24. The number of amides is 2. The topological polar surface area (TPSA) is 62.3 Å². The molecule has 0 bridgehead atoms. The van der Waals surface area contributed by atoms with E-state index in [9.17, 15) is 14.0 Å². The quantitative estimate of drug-likeness (QED) is 0.860. The first-order valence-electron chi connectivity index (χ1n) is 8.31. The van der Waals surface area contributed by atoms with Crippen LogP contribution in [0.4, 0.5) is 4.39 Å². The number of carbonyl (C=O) groups is 2. The molecule has 7 heteroatoms. The number of aromatic nitrogens is 1. The van der Waals surface area contributed by atoms with Crippen LogP contribution in [0.25, 0.3) is 0 Å². The van der Waals surface area contributed by atoms with E-state index in [-0.39, 0.29) is 24.2 Å². The van der Waals surface area contributed by atoms with Gasteiger partial charge >= 0.3 is 0 Å². The maximum atomic E-state index is 13.3. The van der Waals surface area contributed by atoms with Gasteiger partial charge in [0.25, 0.3) is 0 Å². The largest absolute Gasteiger partial charge is 0.349 e. The third-order valence-corrected chi connectivity index (χ3v) is 5.26. The lowest BCUT2D eigenvalue weighted by molar-refractivity contribution is -0.135. The fraction of sp³-hybridized carbons (Fsp3) is 0.389. The molecule has 0 spiro atoms. The average Bonchev–Trinajstić information content (AvgIpc) is 3.20. The van der Waals surface area contributed by atoms with Crippen molar-refractivity contribution in [2.24, 2.45) is 0 Å². The number of rotatable bonds is 6. The summed E-state index contributed by atoms with van der Waals surface area (Å²) in [6.45, 7) is 2.63. The maximum Gasteiger partial charge on any atom is 0.243 e. The second kappa shape index (κ2) is 7.74. The minimum absolute atomic E-state index is 0.0775. The number of nitrogens with one attached hydrogen (secondary N) is 1. The van der Waals surface area contributed by atoms with Crippen molar-refractivity contribution in [1.82, 2.24) is 15.2 Å². The van der Waals surface area contributed by atoms with Crippen molar-refractivity contribution < 1.29 is 14.0 Å². The second-order valence-corrected chi connectivity index (χ2v) is 6.95. The Morgan fingerprint density at radius 3 is 3.04 bits per heavy atom. The number of thiazole rings is 1. The molecule has 0 saturated carbocycles. The third kappa shape index (κ3) is 4.22. The number of benzene rings is 1. The van der Waals surface area contributed by atoms with E-state index in [4.69, 9.17) is 0 Å². The summed E-state index contributed by atoms with van der Waals surface area (Å²) < 4.78 is 13.3.